The lowest BCUT2D eigenvalue weighted by atomic mass is 9.86. The molecule has 57 heavy (non-hydrogen) atoms. The van der Waals surface area contributed by atoms with Gasteiger partial charge in [-0.15, -0.1) is 0 Å². The zero-order valence-electron chi connectivity index (χ0n) is 31.2. The van der Waals surface area contributed by atoms with Gasteiger partial charge in [-0.3, -0.25) is 29.2 Å². The second-order valence-electron chi connectivity index (χ2n) is 14.3. The number of amides is 3. The fourth-order valence-electron chi connectivity index (χ4n) is 7.41. The van der Waals surface area contributed by atoms with Gasteiger partial charge in [0.25, 0.3) is 23.5 Å². The topological polar surface area (TPSA) is 154 Å². The normalized spacial score (nSPS) is 16.9. The summed E-state index contributed by atoms with van der Waals surface area (Å²) < 4.78 is 53.0. The molecule has 0 spiro atoms. The fraction of sp³-hybridized carbons (Fsp3) is 0.333. The summed E-state index contributed by atoms with van der Waals surface area (Å²) in [5.41, 5.74) is 0.569. The van der Waals surface area contributed by atoms with Gasteiger partial charge in [-0.25, -0.2) is 4.98 Å². The number of fused-ring (bicyclic) bond motifs is 2. The molecule has 7 rings (SSSR count). The van der Waals surface area contributed by atoms with Crippen LogP contribution in [0.25, 0.3) is 10.9 Å². The molecule has 3 heterocycles. The largest absolute Gasteiger partial charge is 0.494 e. The predicted octanol–water partition coefficient (Wildman–Crippen LogP) is 7.69. The van der Waals surface area contributed by atoms with Crippen molar-refractivity contribution < 1.29 is 41.8 Å². The fourth-order valence-corrected chi connectivity index (χ4v) is 7.41. The van der Waals surface area contributed by atoms with Crippen LogP contribution in [0.5, 0.6) is 17.2 Å². The minimum absolute atomic E-state index is 0.0367. The number of alkyl halides is 3. The van der Waals surface area contributed by atoms with E-state index in [4.69, 9.17) is 14.6 Å². The van der Waals surface area contributed by atoms with E-state index in [0.29, 0.717) is 28.6 Å². The van der Waals surface area contributed by atoms with Crippen molar-refractivity contribution in [2.75, 3.05) is 25.5 Å². The SMILES string of the molecule is COc1cc2nn([C@H]3CC[C@H](CNCCCCCc4ccccc4Oc4cccc5c4C(=O)NC(=O)C5=O)CC3)cc2cc1NC(=O)c1cccc(C(F)(F)F)n1. The van der Waals surface area contributed by atoms with E-state index in [-0.39, 0.29) is 28.6 Å². The molecule has 12 nitrogen and oxygen atoms in total. The maximum atomic E-state index is 13.1. The van der Waals surface area contributed by atoms with Crippen LogP contribution in [0.2, 0.25) is 0 Å². The number of nitrogens with zero attached hydrogens (tertiary/aromatic N) is 3. The molecule has 0 bridgehead atoms. The Labute approximate surface area is 326 Å². The Morgan fingerprint density at radius 3 is 2.46 bits per heavy atom. The highest BCUT2D eigenvalue weighted by Crippen LogP contribution is 2.36. The Kier molecular flexibility index (Phi) is 11.6. The van der Waals surface area contributed by atoms with E-state index in [1.165, 1.54) is 19.2 Å². The summed E-state index contributed by atoms with van der Waals surface area (Å²) >= 11 is 0. The van der Waals surface area contributed by atoms with Crippen molar-refractivity contribution in [3.05, 3.63) is 107 Å². The molecule has 1 fully saturated rings. The number of aryl methyl sites for hydroxylation is 1. The Balaban J connectivity index is 0.848. The molecule has 15 heteroatoms. The summed E-state index contributed by atoms with van der Waals surface area (Å²) in [6.07, 6.45) is 5.05. The van der Waals surface area contributed by atoms with Crippen LogP contribution in [0, 0.1) is 5.92 Å². The van der Waals surface area contributed by atoms with Gasteiger partial charge in [-0.1, -0.05) is 36.8 Å². The number of para-hydroxylation sites is 1. The number of hydrogen-bond acceptors (Lipinski definition) is 9. The van der Waals surface area contributed by atoms with Gasteiger partial charge < -0.3 is 20.1 Å². The number of imide groups is 1. The highest BCUT2D eigenvalue weighted by Gasteiger charge is 2.34. The van der Waals surface area contributed by atoms with E-state index in [2.05, 4.69) is 20.9 Å². The zero-order chi connectivity index (χ0) is 40.1. The molecule has 5 aromatic rings. The monoisotopic (exact) mass is 782 g/mol. The van der Waals surface area contributed by atoms with Gasteiger partial charge in [-0.2, -0.15) is 18.3 Å². The number of ether oxygens (including phenoxy) is 2. The first-order valence-corrected chi connectivity index (χ1v) is 18.9. The standard InChI is InChI=1S/C42H41F3N6O6/c1-56-35-22-31-27(21-32(35)48-39(53)30-12-8-15-36(47-30)42(43,44)45)24-51(50-31)28-18-16-25(17-19-28)23-46-20-6-2-3-9-26-10-4-5-13-33(26)57-34-14-7-11-29-37(34)40(54)49-41(55)38(29)52/h4-5,7-8,10-15,21-22,24-25,28,46H,2-3,6,9,16-20,23H2,1H3,(H,48,53)(H,49,54,55)/t25-,28-. The summed E-state index contributed by atoms with van der Waals surface area (Å²) in [5.74, 6) is -1.43. The van der Waals surface area contributed by atoms with Crippen LogP contribution in [0.1, 0.15) is 93.4 Å². The van der Waals surface area contributed by atoms with Crippen molar-refractivity contribution in [1.29, 1.82) is 0 Å². The molecule has 0 atom stereocenters. The van der Waals surface area contributed by atoms with Gasteiger partial charge in [0.05, 0.1) is 29.9 Å². The third-order valence-corrected chi connectivity index (χ3v) is 10.4. The summed E-state index contributed by atoms with van der Waals surface area (Å²) in [5, 5.41) is 13.9. The second kappa shape index (κ2) is 17.0. The molecule has 0 unspecified atom stereocenters. The van der Waals surface area contributed by atoms with E-state index < -0.39 is 35.4 Å². The number of ketones is 1. The first-order chi connectivity index (χ1) is 27.5. The van der Waals surface area contributed by atoms with Crippen molar-refractivity contribution in [3.63, 3.8) is 0 Å². The number of aromatic nitrogens is 3. The van der Waals surface area contributed by atoms with Gasteiger partial charge in [0.1, 0.15) is 28.6 Å². The predicted molar refractivity (Wildman–Crippen MR) is 205 cm³/mol. The summed E-state index contributed by atoms with van der Waals surface area (Å²) in [4.78, 5) is 53.0. The van der Waals surface area contributed by atoms with E-state index >= 15 is 0 Å². The zero-order valence-corrected chi connectivity index (χ0v) is 31.2. The third kappa shape index (κ3) is 8.99. The molecule has 1 aliphatic carbocycles. The molecule has 296 valence electrons. The Hall–Kier alpha value is -6.09. The van der Waals surface area contributed by atoms with Crippen LogP contribution in [0.15, 0.2) is 79.0 Å². The minimum atomic E-state index is -4.67. The number of anilines is 1. The molecule has 0 saturated heterocycles. The van der Waals surface area contributed by atoms with Crippen molar-refractivity contribution in [2.45, 2.75) is 63.6 Å². The van der Waals surface area contributed by atoms with Crippen molar-refractivity contribution in [2.24, 2.45) is 5.92 Å². The molecule has 1 saturated carbocycles. The van der Waals surface area contributed by atoms with Gasteiger partial charge in [-0.05, 0) is 106 Å². The quantitative estimate of drug-likeness (QED) is 0.0585. The lowest BCUT2D eigenvalue weighted by Gasteiger charge is -2.28. The van der Waals surface area contributed by atoms with Crippen molar-refractivity contribution >= 4 is 40.1 Å². The molecular weight excluding hydrogens is 741 g/mol. The van der Waals surface area contributed by atoms with Gasteiger partial charge in [0, 0.05) is 23.2 Å². The van der Waals surface area contributed by atoms with E-state index in [1.54, 1.807) is 24.3 Å². The first kappa shape index (κ1) is 39.2. The number of nitrogens with one attached hydrogen (secondary N) is 3. The third-order valence-electron chi connectivity index (χ3n) is 10.4. The van der Waals surface area contributed by atoms with E-state index in [0.717, 1.165) is 87.5 Å². The average molecular weight is 783 g/mol. The number of carbonyl (C=O) groups excluding carboxylic acids is 4. The number of carbonyl (C=O) groups is 4. The number of halogens is 3. The number of hydrogen-bond donors (Lipinski definition) is 3. The highest BCUT2D eigenvalue weighted by molar-refractivity contribution is 6.49. The van der Waals surface area contributed by atoms with Crippen LogP contribution in [-0.4, -0.2) is 58.5 Å². The molecule has 1 aliphatic heterocycles. The number of pyridine rings is 1. The van der Waals surface area contributed by atoms with Gasteiger partial charge >= 0.3 is 6.18 Å². The highest BCUT2D eigenvalue weighted by atomic mass is 19.4. The van der Waals surface area contributed by atoms with Crippen LogP contribution in [0.3, 0.4) is 0 Å². The molecule has 3 amide bonds. The van der Waals surface area contributed by atoms with Crippen LogP contribution in [0.4, 0.5) is 18.9 Å². The summed E-state index contributed by atoms with van der Waals surface area (Å²) in [6, 6.07) is 19.1. The van der Waals surface area contributed by atoms with Crippen LogP contribution >= 0.6 is 0 Å². The Morgan fingerprint density at radius 2 is 1.67 bits per heavy atom. The Morgan fingerprint density at radius 1 is 0.895 bits per heavy atom. The maximum Gasteiger partial charge on any atom is 0.433 e. The van der Waals surface area contributed by atoms with Crippen molar-refractivity contribution in [1.82, 2.24) is 25.4 Å². The molecule has 3 N–H and O–H groups in total. The average Bonchev–Trinajstić information content (AvgIpc) is 3.62. The molecule has 2 aromatic heterocycles. The first-order valence-electron chi connectivity index (χ1n) is 18.9. The smallest absolute Gasteiger partial charge is 0.433 e. The van der Waals surface area contributed by atoms with Gasteiger partial charge in [0.2, 0.25) is 0 Å². The molecular formula is C42H41F3N6O6. The summed E-state index contributed by atoms with van der Waals surface area (Å²) in [7, 11) is 1.45. The van der Waals surface area contributed by atoms with Crippen LogP contribution in [-0.2, 0) is 17.4 Å². The van der Waals surface area contributed by atoms with Gasteiger partial charge in [0.15, 0.2) is 0 Å². The minimum Gasteiger partial charge on any atom is -0.494 e. The number of Topliss-reactive ketones (excluding diaryl/α,β-unsaturated/α-hetero) is 1. The maximum absolute atomic E-state index is 13.1. The number of rotatable bonds is 14. The number of benzene rings is 3. The lowest BCUT2D eigenvalue weighted by Crippen LogP contribution is -2.42. The molecule has 0 radical (unpaired) electrons. The number of methoxy groups -OCH3 is 1. The van der Waals surface area contributed by atoms with E-state index in [1.807, 2.05) is 35.1 Å². The molecule has 3 aromatic carbocycles. The summed E-state index contributed by atoms with van der Waals surface area (Å²) in [6.45, 7) is 1.85. The van der Waals surface area contributed by atoms with Crippen LogP contribution < -0.4 is 25.4 Å². The second-order valence-corrected chi connectivity index (χ2v) is 14.3. The molecule has 2 aliphatic rings. The van der Waals surface area contributed by atoms with E-state index in [9.17, 15) is 32.3 Å². The lowest BCUT2D eigenvalue weighted by molar-refractivity contribution is -0.141. The number of unbranched alkanes of at least 4 members (excludes halogenated alkanes) is 2. The Bertz CT molecular complexity index is 2320. The van der Waals surface area contributed by atoms with Crippen molar-refractivity contribution in [3.8, 4) is 17.2 Å².